The quantitative estimate of drug-likeness (QED) is 0.241. The second-order valence-corrected chi connectivity index (χ2v) is 9.40. The topological polar surface area (TPSA) is 50.8 Å². The first-order chi connectivity index (χ1) is 14.5. The Hall–Kier alpha value is -2.72. The van der Waals surface area contributed by atoms with Crippen LogP contribution < -0.4 is 4.74 Å². The molecule has 4 nitrogen and oxygen atoms in total. The summed E-state index contributed by atoms with van der Waals surface area (Å²) in [7, 11) is 1.64. The Morgan fingerprint density at radius 2 is 2.03 bits per heavy atom. The number of thiazole rings is 1. The van der Waals surface area contributed by atoms with Gasteiger partial charge < -0.3 is 9.30 Å². The summed E-state index contributed by atoms with van der Waals surface area (Å²) in [5, 5.41) is 10.4. The number of allylic oxidation sites excluding steroid dienone is 1. The predicted octanol–water partition coefficient (Wildman–Crippen LogP) is 7.02. The average Bonchev–Trinajstić information content (AvgIpc) is 3.27. The maximum Gasteiger partial charge on any atom is 0.156 e. The summed E-state index contributed by atoms with van der Waals surface area (Å²) in [6.45, 7) is 4.05. The number of ether oxygens (including phenoxy) is 1. The van der Waals surface area contributed by atoms with Gasteiger partial charge in [-0.05, 0) is 73.6 Å². The van der Waals surface area contributed by atoms with Crippen LogP contribution >= 0.6 is 34.7 Å². The van der Waals surface area contributed by atoms with Crippen LogP contribution in [-0.4, -0.2) is 16.7 Å². The van der Waals surface area contributed by atoms with Gasteiger partial charge >= 0.3 is 0 Å². The van der Waals surface area contributed by atoms with Gasteiger partial charge in [-0.3, -0.25) is 0 Å². The molecule has 0 fully saturated rings. The maximum atomic E-state index is 9.72. The van der Waals surface area contributed by atoms with Crippen molar-refractivity contribution in [2.24, 2.45) is 0 Å². The van der Waals surface area contributed by atoms with Gasteiger partial charge in [-0.1, -0.05) is 23.7 Å². The number of aromatic nitrogens is 2. The molecule has 2 aromatic carbocycles. The summed E-state index contributed by atoms with van der Waals surface area (Å²) >= 11 is 9.22. The molecule has 0 aliphatic heterocycles. The molecule has 7 heteroatoms. The molecule has 0 unspecified atom stereocenters. The monoisotopic (exact) mass is 451 g/mol. The van der Waals surface area contributed by atoms with E-state index < -0.39 is 0 Å². The third-order valence-corrected chi connectivity index (χ3v) is 6.98. The van der Waals surface area contributed by atoms with Crippen molar-refractivity contribution in [2.45, 2.75) is 18.2 Å². The molecule has 2 aromatic heterocycles. The van der Waals surface area contributed by atoms with Crippen molar-refractivity contribution in [1.29, 1.82) is 5.26 Å². The fourth-order valence-electron chi connectivity index (χ4n) is 3.36. The molecule has 0 saturated carbocycles. The first-order valence-electron chi connectivity index (χ1n) is 9.18. The van der Waals surface area contributed by atoms with Crippen LogP contribution in [0.2, 0.25) is 5.02 Å². The standard InChI is InChI=1S/C23H18ClN3OS2/c1-14-10-16(15(2)27(14)20-12-17(24)8-9-21(20)28-3)11-18(13-25)29-23-26-19-6-4-5-7-22(19)30-23/h4-12H,1-3H3. The Bertz CT molecular complexity index is 1280. The molecular weight excluding hydrogens is 434 g/mol. The number of thioether (sulfide) groups is 1. The van der Waals surface area contributed by atoms with Gasteiger partial charge in [0.2, 0.25) is 0 Å². The molecule has 0 radical (unpaired) electrons. The molecule has 150 valence electrons. The summed E-state index contributed by atoms with van der Waals surface area (Å²) in [6.07, 6.45) is 1.91. The van der Waals surface area contributed by atoms with E-state index in [1.165, 1.54) is 11.8 Å². The van der Waals surface area contributed by atoms with Gasteiger partial charge in [0.05, 0.1) is 27.9 Å². The van der Waals surface area contributed by atoms with Gasteiger partial charge in [-0.15, -0.1) is 11.3 Å². The van der Waals surface area contributed by atoms with E-state index in [2.05, 4.69) is 21.7 Å². The van der Waals surface area contributed by atoms with E-state index in [1.807, 2.05) is 56.3 Å². The van der Waals surface area contributed by atoms with Crippen LogP contribution in [0.15, 0.2) is 57.8 Å². The molecule has 0 amide bonds. The highest BCUT2D eigenvalue weighted by atomic mass is 35.5. The Kier molecular flexibility index (Phi) is 5.87. The highest BCUT2D eigenvalue weighted by Gasteiger charge is 2.15. The zero-order valence-corrected chi connectivity index (χ0v) is 19.0. The minimum absolute atomic E-state index is 0.590. The summed E-state index contributed by atoms with van der Waals surface area (Å²) in [6, 6.07) is 17.9. The summed E-state index contributed by atoms with van der Waals surface area (Å²) < 4.78 is 9.59. The summed E-state index contributed by atoms with van der Waals surface area (Å²) in [4.78, 5) is 5.21. The summed E-state index contributed by atoms with van der Waals surface area (Å²) in [5.41, 5.74) is 4.83. The van der Waals surface area contributed by atoms with Crippen molar-refractivity contribution in [3.8, 4) is 17.5 Å². The zero-order chi connectivity index (χ0) is 21.3. The molecule has 0 N–H and O–H groups in total. The zero-order valence-electron chi connectivity index (χ0n) is 16.6. The minimum Gasteiger partial charge on any atom is -0.495 e. The van der Waals surface area contributed by atoms with Crippen molar-refractivity contribution in [3.05, 3.63) is 75.4 Å². The van der Waals surface area contributed by atoms with Crippen LogP contribution in [0, 0.1) is 25.2 Å². The van der Waals surface area contributed by atoms with Crippen LogP contribution in [0.5, 0.6) is 5.75 Å². The van der Waals surface area contributed by atoms with Gasteiger partial charge in [-0.2, -0.15) is 5.26 Å². The van der Waals surface area contributed by atoms with Crippen molar-refractivity contribution >= 4 is 51.0 Å². The maximum absolute atomic E-state index is 9.72. The molecule has 0 spiro atoms. The highest BCUT2D eigenvalue weighted by Crippen LogP contribution is 2.36. The normalized spacial score (nSPS) is 11.6. The Balaban J connectivity index is 1.72. The summed E-state index contributed by atoms with van der Waals surface area (Å²) in [5.74, 6) is 0.737. The van der Waals surface area contributed by atoms with Gasteiger partial charge in [0.1, 0.15) is 11.8 Å². The number of rotatable bonds is 5. The largest absolute Gasteiger partial charge is 0.495 e. The fraction of sp³-hybridized carbons (Fsp3) is 0.130. The van der Waals surface area contributed by atoms with Gasteiger partial charge in [-0.25, -0.2) is 4.98 Å². The van der Waals surface area contributed by atoms with E-state index in [1.54, 1.807) is 24.5 Å². The SMILES string of the molecule is COc1ccc(Cl)cc1-n1c(C)cc(C=C(C#N)Sc2nc3ccccc3s2)c1C. The Labute approximate surface area is 188 Å². The lowest BCUT2D eigenvalue weighted by molar-refractivity contribution is 0.412. The van der Waals surface area contributed by atoms with Gasteiger partial charge in [0, 0.05) is 16.4 Å². The number of aryl methyl sites for hydroxylation is 1. The van der Waals surface area contributed by atoms with Gasteiger partial charge in [0.25, 0.3) is 0 Å². The van der Waals surface area contributed by atoms with Crippen molar-refractivity contribution in [2.75, 3.05) is 7.11 Å². The van der Waals surface area contributed by atoms with E-state index in [-0.39, 0.29) is 0 Å². The third-order valence-electron chi connectivity index (χ3n) is 4.72. The Morgan fingerprint density at radius 1 is 1.23 bits per heavy atom. The van der Waals surface area contributed by atoms with E-state index in [4.69, 9.17) is 16.3 Å². The second kappa shape index (κ2) is 8.57. The number of fused-ring (bicyclic) bond motifs is 1. The molecule has 4 rings (SSSR count). The molecule has 0 aliphatic carbocycles. The average molecular weight is 452 g/mol. The number of nitriles is 1. The lowest BCUT2D eigenvalue weighted by Crippen LogP contribution is -2.02. The first kappa shape index (κ1) is 20.5. The van der Waals surface area contributed by atoms with Crippen LogP contribution in [0.25, 0.3) is 22.0 Å². The fourth-order valence-corrected chi connectivity index (χ4v) is 5.49. The minimum atomic E-state index is 0.590. The highest BCUT2D eigenvalue weighted by molar-refractivity contribution is 8.05. The van der Waals surface area contributed by atoms with Crippen molar-refractivity contribution in [3.63, 3.8) is 0 Å². The number of halogens is 1. The van der Waals surface area contributed by atoms with Crippen molar-refractivity contribution < 1.29 is 4.74 Å². The predicted molar refractivity (Wildman–Crippen MR) is 126 cm³/mol. The molecule has 30 heavy (non-hydrogen) atoms. The second-order valence-electron chi connectivity index (χ2n) is 6.65. The van der Waals surface area contributed by atoms with Crippen LogP contribution in [0.1, 0.15) is 17.0 Å². The van der Waals surface area contributed by atoms with Crippen molar-refractivity contribution in [1.82, 2.24) is 9.55 Å². The molecule has 2 heterocycles. The lowest BCUT2D eigenvalue weighted by Gasteiger charge is -2.14. The van der Waals surface area contributed by atoms with Crippen LogP contribution in [0.4, 0.5) is 0 Å². The van der Waals surface area contributed by atoms with E-state index in [0.29, 0.717) is 9.93 Å². The molecule has 0 aliphatic rings. The first-order valence-corrected chi connectivity index (χ1v) is 11.2. The lowest BCUT2D eigenvalue weighted by atomic mass is 10.2. The number of para-hydroxylation sites is 1. The molecule has 0 saturated heterocycles. The molecule has 0 atom stereocenters. The van der Waals surface area contributed by atoms with Gasteiger partial charge in [0.15, 0.2) is 4.34 Å². The Morgan fingerprint density at radius 3 is 2.77 bits per heavy atom. The smallest absolute Gasteiger partial charge is 0.156 e. The van der Waals surface area contributed by atoms with Crippen LogP contribution in [0.3, 0.4) is 0 Å². The van der Waals surface area contributed by atoms with E-state index >= 15 is 0 Å². The third kappa shape index (κ3) is 3.97. The molecular formula is C23H18ClN3OS2. The van der Waals surface area contributed by atoms with E-state index in [0.717, 1.165) is 42.9 Å². The number of hydrogen-bond acceptors (Lipinski definition) is 5. The molecule has 4 aromatic rings. The van der Waals surface area contributed by atoms with E-state index in [9.17, 15) is 5.26 Å². The number of nitrogens with zero attached hydrogens (tertiary/aromatic N) is 3. The number of hydrogen-bond donors (Lipinski definition) is 0. The van der Waals surface area contributed by atoms with Crippen LogP contribution in [-0.2, 0) is 0 Å². The molecule has 0 bridgehead atoms. The number of methoxy groups -OCH3 is 1. The number of benzene rings is 2.